The minimum Gasteiger partial charge on any atom is -0.489 e. The van der Waals surface area contributed by atoms with E-state index in [2.05, 4.69) is 0 Å². The Morgan fingerprint density at radius 2 is 2.10 bits per heavy atom. The molecular weight excluding hydrogens is 295 g/mol. The number of hydrogen-bond acceptors (Lipinski definition) is 2. The zero-order chi connectivity index (χ0) is 15.2. The monoisotopic (exact) mass is 306 g/mol. The summed E-state index contributed by atoms with van der Waals surface area (Å²) >= 11 is 5.70. The Labute approximate surface area is 126 Å². The molecule has 2 aromatic rings. The number of aliphatic carboxylic acids is 1. The first-order valence-electron chi connectivity index (χ1n) is 6.12. The summed E-state index contributed by atoms with van der Waals surface area (Å²) in [6.45, 7) is 0.242. The van der Waals surface area contributed by atoms with Crippen LogP contribution < -0.4 is 4.74 Å². The highest BCUT2D eigenvalue weighted by Gasteiger charge is 2.02. The summed E-state index contributed by atoms with van der Waals surface area (Å²) in [6.07, 6.45) is 2.53. The normalized spacial score (nSPS) is 10.8. The fourth-order valence-corrected chi connectivity index (χ4v) is 1.87. The summed E-state index contributed by atoms with van der Waals surface area (Å²) in [5, 5.41) is 8.63. The van der Waals surface area contributed by atoms with Gasteiger partial charge in [-0.25, -0.2) is 9.18 Å². The van der Waals surface area contributed by atoms with Crippen molar-refractivity contribution in [2.24, 2.45) is 0 Å². The molecule has 21 heavy (non-hydrogen) atoms. The number of carboxylic acid groups (broad SMARTS) is 1. The molecule has 0 aliphatic heterocycles. The molecule has 0 atom stereocenters. The number of benzene rings is 2. The first-order chi connectivity index (χ1) is 10.0. The molecule has 0 aromatic heterocycles. The third-order valence-corrected chi connectivity index (χ3v) is 2.96. The number of rotatable bonds is 5. The molecule has 2 aromatic carbocycles. The van der Waals surface area contributed by atoms with E-state index in [1.54, 1.807) is 30.3 Å². The van der Waals surface area contributed by atoms with Crippen LogP contribution in [-0.4, -0.2) is 11.1 Å². The van der Waals surface area contributed by atoms with Crippen LogP contribution >= 0.6 is 11.6 Å². The molecule has 0 amide bonds. The van der Waals surface area contributed by atoms with Crippen molar-refractivity contribution in [3.8, 4) is 5.75 Å². The predicted molar refractivity (Wildman–Crippen MR) is 78.9 cm³/mol. The first-order valence-corrected chi connectivity index (χ1v) is 6.50. The molecule has 2 rings (SSSR count). The van der Waals surface area contributed by atoms with E-state index in [0.717, 1.165) is 11.6 Å². The fourth-order valence-electron chi connectivity index (χ4n) is 1.67. The predicted octanol–water partition coefficient (Wildman–Crippen LogP) is 4.16. The summed E-state index contributed by atoms with van der Waals surface area (Å²) < 4.78 is 18.6. The van der Waals surface area contributed by atoms with E-state index >= 15 is 0 Å². The van der Waals surface area contributed by atoms with Gasteiger partial charge in [0.05, 0.1) is 5.02 Å². The summed E-state index contributed by atoms with van der Waals surface area (Å²) in [5.74, 6) is -0.897. The van der Waals surface area contributed by atoms with Crippen LogP contribution in [0, 0.1) is 5.82 Å². The second-order valence-corrected chi connectivity index (χ2v) is 4.69. The van der Waals surface area contributed by atoms with Crippen LogP contribution in [0.1, 0.15) is 11.1 Å². The quantitative estimate of drug-likeness (QED) is 0.844. The molecule has 1 N–H and O–H groups in total. The molecule has 0 heterocycles. The summed E-state index contributed by atoms with van der Waals surface area (Å²) in [5.41, 5.74) is 1.46. The van der Waals surface area contributed by atoms with E-state index < -0.39 is 11.8 Å². The summed E-state index contributed by atoms with van der Waals surface area (Å²) in [7, 11) is 0. The molecule has 0 radical (unpaired) electrons. The maximum absolute atomic E-state index is 13.0. The highest BCUT2D eigenvalue weighted by atomic mass is 35.5. The zero-order valence-electron chi connectivity index (χ0n) is 10.9. The topological polar surface area (TPSA) is 46.5 Å². The van der Waals surface area contributed by atoms with E-state index in [4.69, 9.17) is 21.4 Å². The SMILES string of the molecule is O=C(O)/C=C/c1cccc(OCc2ccc(F)c(Cl)c2)c1. The lowest BCUT2D eigenvalue weighted by Crippen LogP contribution is -1.96. The molecule has 0 bridgehead atoms. The number of carboxylic acids is 1. The smallest absolute Gasteiger partial charge is 0.328 e. The van der Waals surface area contributed by atoms with Crippen molar-refractivity contribution in [2.45, 2.75) is 6.61 Å². The second-order valence-electron chi connectivity index (χ2n) is 4.28. The molecule has 0 unspecified atom stereocenters. The van der Waals surface area contributed by atoms with Gasteiger partial charge in [0, 0.05) is 6.08 Å². The number of halogens is 2. The van der Waals surface area contributed by atoms with Crippen LogP contribution in [0.3, 0.4) is 0 Å². The number of hydrogen-bond donors (Lipinski definition) is 1. The molecule has 0 fully saturated rings. The lowest BCUT2D eigenvalue weighted by atomic mass is 10.2. The number of carbonyl (C=O) groups is 1. The molecule has 0 spiro atoms. The minimum absolute atomic E-state index is 0.0502. The van der Waals surface area contributed by atoms with Gasteiger partial charge in [-0.1, -0.05) is 29.8 Å². The Kier molecular flexibility index (Phi) is 4.95. The van der Waals surface area contributed by atoms with E-state index in [-0.39, 0.29) is 11.6 Å². The number of ether oxygens (including phenoxy) is 1. The Bertz CT molecular complexity index is 683. The van der Waals surface area contributed by atoms with Gasteiger partial charge in [-0.15, -0.1) is 0 Å². The van der Waals surface area contributed by atoms with Crippen LogP contribution in [-0.2, 0) is 11.4 Å². The van der Waals surface area contributed by atoms with Gasteiger partial charge >= 0.3 is 5.97 Å². The third-order valence-electron chi connectivity index (χ3n) is 2.67. The fraction of sp³-hybridized carbons (Fsp3) is 0.0625. The third kappa shape index (κ3) is 4.61. The van der Waals surface area contributed by atoms with Gasteiger partial charge < -0.3 is 9.84 Å². The van der Waals surface area contributed by atoms with Gasteiger partial charge in [0.25, 0.3) is 0 Å². The van der Waals surface area contributed by atoms with Crippen molar-refractivity contribution in [3.63, 3.8) is 0 Å². The van der Waals surface area contributed by atoms with Crippen molar-refractivity contribution in [1.82, 2.24) is 0 Å². The molecular formula is C16H12ClFO3. The summed E-state index contributed by atoms with van der Waals surface area (Å²) in [4.78, 5) is 10.5. The van der Waals surface area contributed by atoms with Gasteiger partial charge in [0.15, 0.2) is 0 Å². The second kappa shape index (κ2) is 6.90. The maximum Gasteiger partial charge on any atom is 0.328 e. The Hall–Kier alpha value is -2.33. The van der Waals surface area contributed by atoms with Gasteiger partial charge in [-0.2, -0.15) is 0 Å². The van der Waals surface area contributed by atoms with Gasteiger partial charge in [-0.05, 0) is 41.5 Å². The highest BCUT2D eigenvalue weighted by molar-refractivity contribution is 6.30. The van der Waals surface area contributed by atoms with Crippen molar-refractivity contribution in [2.75, 3.05) is 0 Å². The molecule has 5 heteroatoms. The van der Waals surface area contributed by atoms with E-state index in [1.165, 1.54) is 18.2 Å². The largest absolute Gasteiger partial charge is 0.489 e. The Morgan fingerprint density at radius 1 is 1.29 bits per heavy atom. The minimum atomic E-state index is -1.01. The zero-order valence-corrected chi connectivity index (χ0v) is 11.7. The highest BCUT2D eigenvalue weighted by Crippen LogP contribution is 2.19. The summed E-state index contributed by atoms with van der Waals surface area (Å²) in [6, 6.07) is 11.4. The van der Waals surface area contributed by atoms with Crippen molar-refractivity contribution >= 4 is 23.6 Å². The average Bonchev–Trinajstić information content (AvgIpc) is 2.47. The molecule has 3 nitrogen and oxygen atoms in total. The van der Waals surface area contributed by atoms with Gasteiger partial charge in [-0.3, -0.25) is 0 Å². The first kappa shape index (κ1) is 15.1. The standard InChI is InChI=1S/C16H12ClFO3/c17-14-9-12(4-6-15(14)18)10-21-13-3-1-2-11(8-13)5-7-16(19)20/h1-9H,10H2,(H,19,20)/b7-5+. The van der Waals surface area contributed by atoms with E-state index in [1.807, 2.05) is 0 Å². The van der Waals surface area contributed by atoms with Crippen LogP contribution in [0.25, 0.3) is 6.08 Å². The van der Waals surface area contributed by atoms with Crippen LogP contribution in [0.15, 0.2) is 48.5 Å². The van der Waals surface area contributed by atoms with Crippen molar-refractivity contribution in [1.29, 1.82) is 0 Å². The molecule has 0 saturated heterocycles. The average molecular weight is 307 g/mol. The van der Waals surface area contributed by atoms with Crippen molar-refractivity contribution < 1.29 is 19.0 Å². The molecule has 0 saturated carbocycles. The van der Waals surface area contributed by atoms with E-state index in [9.17, 15) is 9.18 Å². The van der Waals surface area contributed by atoms with Crippen LogP contribution in [0.4, 0.5) is 4.39 Å². The molecule has 0 aliphatic rings. The molecule has 108 valence electrons. The van der Waals surface area contributed by atoms with E-state index in [0.29, 0.717) is 11.3 Å². The molecule has 0 aliphatic carbocycles. The van der Waals surface area contributed by atoms with Gasteiger partial charge in [0.1, 0.15) is 18.2 Å². The van der Waals surface area contributed by atoms with Crippen molar-refractivity contribution in [3.05, 3.63) is 70.5 Å². The van der Waals surface area contributed by atoms with Gasteiger partial charge in [0.2, 0.25) is 0 Å². The lowest BCUT2D eigenvalue weighted by Gasteiger charge is -2.07. The van der Waals surface area contributed by atoms with Crippen LogP contribution in [0.5, 0.6) is 5.75 Å². The van der Waals surface area contributed by atoms with Crippen LogP contribution in [0.2, 0.25) is 5.02 Å². The Morgan fingerprint density at radius 3 is 2.81 bits per heavy atom. The maximum atomic E-state index is 13.0. The Balaban J connectivity index is 2.04. The lowest BCUT2D eigenvalue weighted by molar-refractivity contribution is -0.131.